The van der Waals surface area contributed by atoms with Crippen molar-refractivity contribution < 1.29 is 9.53 Å². The molecule has 0 aliphatic heterocycles. The molecule has 78 valence electrons. The molecule has 0 aliphatic rings. The maximum atomic E-state index is 11.0. The van der Waals surface area contributed by atoms with Crippen LogP contribution in [0.2, 0.25) is 0 Å². The van der Waals surface area contributed by atoms with E-state index in [-0.39, 0.29) is 5.97 Å². The van der Waals surface area contributed by atoms with Gasteiger partial charge in [-0.15, -0.1) is 0 Å². The van der Waals surface area contributed by atoms with Crippen LogP contribution in [-0.4, -0.2) is 38.7 Å². The molecule has 13 heavy (non-hydrogen) atoms. The molecule has 0 radical (unpaired) electrons. The fourth-order valence-corrected chi connectivity index (χ4v) is 1.48. The Morgan fingerprint density at radius 1 is 1.46 bits per heavy atom. The number of carbonyl (C=O) groups excluding carboxylic acids is 1. The molecule has 4 heteroatoms. The van der Waals surface area contributed by atoms with E-state index in [2.05, 4.69) is 6.58 Å². The van der Waals surface area contributed by atoms with Gasteiger partial charge in [0.15, 0.2) is 0 Å². The standard InChI is InChI=1S/C9H18ClO2P/c1-8(2)9(11)12-6-7-13(3,4,5)10/h1,6-7H2,2-5H3. The molecular formula is C9H18ClO2P. The molecule has 0 aromatic carbocycles. The fraction of sp³-hybridized carbons (Fsp3) is 0.667. The van der Waals surface area contributed by atoms with E-state index in [0.29, 0.717) is 12.2 Å². The number of halogens is 1. The van der Waals surface area contributed by atoms with Gasteiger partial charge in [0.25, 0.3) is 0 Å². The molecule has 0 N–H and O–H groups in total. The van der Waals surface area contributed by atoms with Gasteiger partial charge in [0, 0.05) is 0 Å². The molecule has 0 unspecified atom stereocenters. The second-order valence-electron chi connectivity index (χ2n) is 4.56. The zero-order chi connectivity index (χ0) is 10.7. The summed E-state index contributed by atoms with van der Waals surface area (Å²) in [5.74, 6) is -2.38. The van der Waals surface area contributed by atoms with E-state index in [1.165, 1.54) is 0 Å². The van der Waals surface area contributed by atoms with Crippen LogP contribution in [0, 0.1) is 0 Å². The predicted octanol–water partition coefficient (Wildman–Crippen LogP) is 2.70. The van der Waals surface area contributed by atoms with Crippen molar-refractivity contribution in [1.82, 2.24) is 0 Å². The van der Waals surface area contributed by atoms with E-state index >= 15 is 0 Å². The van der Waals surface area contributed by atoms with Crippen molar-refractivity contribution >= 4 is 23.2 Å². The van der Waals surface area contributed by atoms with E-state index < -0.39 is 5.96 Å². The Morgan fingerprint density at radius 2 is 1.92 bits per heavy atom. The summed E-state index contributed by atoms with van der Waals surface area (Å²) in [6.45, 7) is 11.6. The summed E-state index contributed by atoms with van der Waals surface area (Å²) >= 11 is 6.27. The minimum atomic E-state index is -2.05. The van der Waals surface area contributed by atoms with Crippen molar-refractivity contribution in [3.05, 3.63) is 12.2 Å². The summed E-state index contributed by atoms with van der Waals surface area (Å²) in [4.78, 5) is 11.0. The Hall–Kier alpha value is -0.0700. The third kappa shape index (κ3) is 8.27. The van der Waals surface area contributed by atoms with Crippen LogP contribution < -0.4 is 0 Å². The first-order valence-electron chi connectivity index (χ1n) is 4.13. The average Bonchev–Trinajstić information content (AvgIpc) is 1.82. The summed E-state index contributed by atoms with van der Waals surface area (Å²) in [5, 5.41) is 0. The number of carbonyl (C=O) groups is 1. The van der Waals surface area contributed by atoms with E-state index in [1.54, 1.807) is 6.92 Å². The van der Waals surface area contributed by atoms with Crippen LogP contribution in [0.1, 0.15) is 6.92 Å². The quantitative estimate of drug-likeness (QED) is 0.417. The minimum absolute atomic E-state index is 0.336. The summed E-state index contributed by atoms with van der Waals surface area (Å²) in [6, 6.07) is 0. The molecule has 0 rings (SSSR count). The topological polar surface area (TPSA) is 26.3 Å². The van der Waals surface area contributed by atoms with E-state index in [9.17, 15) is 4.79 Å². The summed E-state index contributed by atoms with van der Waals surface area (Å²) in [6.07, 6.45) is 0.742. The molecular weight excluding hydrogens is 207 g/mol. The van der Waals surface area contributed by atoms with Gasteiger partial charge in [-0.25, -0.2) is 0 Å². The molecule has 0 bridgehead atoms. The molecule has 0 spiro atoms. The fourth-order valence-electron chi connectivity index (χ4n) is 0.570. The zero-order valence-corrected chi connectivity index (χ0v) is 10.4. The van der Waals surface area contributed by atoms with Gasteiger partial charge in [-0.2, -0.15) is 0 Å². The molecule has 0 fully saturated rings. The van der Waals surface area contributed by atoms with Gasteiger partial charge in [0.2, 0.25) is 0 Å². The summed E-state index contributed by atoms with van der Waals surface area (Å²) in [7, 11) is 0. The molecule has 0 heterocycles. The second-order valence-corrected chi connectivity index (χ2v) is 14.6. The van der Waals surface area contributed by atoms with Gasteiger partial charge < -0.3 is 0 Å². The Labute approximate surface area is 85.0 Å². The van der Waals surface area contributed by atoms with E-state index in [0.717, 1.165) is 6.16 Å². The van der Waals surface area contributed by atoms with Crippen LogP contribution in [0.3, 0.4) is 0 Å². The molecule has 0 saturated carbocycles. The van der Waals surface area contributed by atoms with Gasteiger partial charge in [0.1, 0.15) is 0 Å². The van der Waals surface area contributed by atoms with Gasteiger partial charge in [-0.1, -0.05) is 0 Å². The second kappa shape index (κ2) is 3.98. The van der Waals surface area contributed by atoms with Gasteiger partial charge in [0.05, 0.1) is 0 Å². The SMILES string of the molecule is C=C(C)C(=O)OCCP(C)(C)(C)Cl. The molecule has 0 aromatic heterocycles. The van der Waals surface area contributed by atoms with Crippen molar-refractivity contribution in [3.63, 3.8) is 0 Å². The number of hydrogen-bond donors (Lipinski definition) is 0. The van der Waals surface area contributed by atoms with Crippen molar-refractivity contribution in [3.8, 4) is 0 Å². The maximum absolute atomic E-state index is 11.0. The predicted molar refractivity (Wildman–Crippen MR) is 61.2 cm³/mol. The van der Waals surface area contributed by atoms with Gasteiger partial charge >= 0.3 is 84.5 Å². The zero-order valence-electron chi connectivity index (χ0n) is 8.76. The van der Waals surface area contributed by atoms with Gasteiger partial charge in [-0.3, -0.25) is 0 Å². The first-order valence-corrected chi connectivity index (χ1v) is 8.80. The Bertz CT molecular complexity index is 218. The third-order valence-corrected chi connectivity index (χ3v) is 3.63. The van der Waals surface area contributed by atoms with Crippen LogP contribution in [0.15, 0.2) is 12.2 Å². The molecule has 0 aliphatic carbocycles. The summed E-state index contributed by atoms with van der Waals surface area (Å²) < 4.78 is 4.95. The van der Waals surface area contributed by atoms with E-state index in [4.69, 9.17) is 16.0 Å². The van der Waals surface area contributed by atoms with Crippen LogP contribution in [-0.2, 0) is 9.53 Å². The molecule has 0 atom stereocenters. The Morgan fingerprint density at radius 3 is 2.23 bits per heavy atom. The monoisotopic (exact) mass is 224 g/mol. The third-order valence-electron chi connectivity index (χ3n) is 1.43. The molecule has 0 saturated heterocycles. The van der Waals surface area contributed by atoms with Crippen LogP contribution in [0.5, 0.6) is 0 Å². The van der Waals surface area contributed by atoms with Gasteiger partial charge in [-0.05, 0) is 0 Å². The van der Waals surface area contributed by atoms with Crippen LogP contribution >= 0.6 is 17.2 Å². The van der Waals surface area contributed by atoms with Crippen LogP contribution in [0.4, 0.5) is 0 Å². The molecule has 2 nitrogen and oxygen atoms in total. The number of ether oxygens (including phenoxy) is 1. The normalized spacial score (nSPS) is 14.4. The number of rotatable bonds is 4. The molecule has 0 amide bonds. The van der Waals surface area contributed by atoms with Crippen molar-refractivity contribution in [2.45, 2.75) is 6.92 Å². The average molecular weight is 225 g/mol. The Balaban J connectivity index is 3.83. The number of esters is 1. The van der Waals surface area contributed by atoms with Crippen molar-refractivity contribution in [2.75, 3.05) is 32.8 Å². The first kappa shape index (κ1) is 12.9. The van der Waals surface area contributed by atoms with E-state index in [1.807, 2.05) is 20.0 Å². The molecule has 0 aromatic rings. The number of hydrogen-bond acceptors (Lipinski definition) is 2. The first-order chi connectivity index (χ1) is 5.58. The van der Waals surface area contributed by atoms with Crippen LogP contribution in [0.25, 0.3) is 0 Å². The summed E-state index contributed by atoms with van der Waals surface area (Å²) in [5.41, 5.74) is 0.429. The van der Waals surface area contributed by atoms with Crippen molar-refractivity contribution in [1.29, 1.82) is 0 Å². The Kier molecular flexibility index (Phi) is 3.96. The van der Waals surface area contributed by atoms with Crippen molar-refractivity contribution in [2.24, 2.45) is 0 Å².